The van der Waals surface area contributed by atoms with Gasteiger partial charge in [0.15, 0.2) is 11.5 Å². The summed E-state index contributed by atoms with van der Waals surface area (Å²) in [7, 11) is 3.33. The molecule has 1 aliphatic carbocycles. The van der Waals surface area contributed by atoms with Gasteiger partial charge in [-0.2, -0.15) is 0 Å². The summed E-state index contributed by atoms with van der Waals surface area (Å²) in [5, 5.41) is 5.96. The first kappa shape index (κ1) is 26.8. The Bertz CT molecular complexity index is 1060. The number of likely N-dealkylation sites (tertiary alicyclic amines) is 1. The average molecular weight is 510 g/mol. The molecule has 0 aromatic heterocycles. The van der Waals surface area contributed by atoms with Crippen LogP contribution in [0.4, 0.5) is 4.79 Å². The third-order valence-corrected chi connectivity index (χ3v) is 7.81. The van der Waals surface area contributed by atoms with Crippen molar-refractivity contribution in [2.75, 3.05) is 33.9 Å². The second-order valence-corrected chi connectivity index (χ2v) is 9.87. The predicted octanol–water partition coefficient (Wildman–Crippen LogP) is 4.02. The van der Waals surface area contributed by atoms with Gasteiger partial charge in [0.2, 0.25) is 0 Å². The fraction of sp³-hybridized carbons (Fsp3) is 0.517. The minimum absolute atomic E-state index is 0.0209. The summed E-state index contributed by atoms with van der Waals surface area (Å²) in [5.41, 5.74) is 2.54. The molecular formula is C29H39N3O5. The van der Waals surface area contributed by atoms with Crippen molar-refractivity contribution in [1.82, 2.24) is 15.5 Å². The molecule has 0 radical (unpaired) electrons. The van der Waals surface area contributed by atoms with Gasteiger partial charge in [0.05, 0.1) is 27.2 Å². The Morgan fingerprint density at radius 1 is 1.05 bits per heavy atom. The lowest BCUT2D eigenvalue weighted by atomic mass is 9.65. The first-order valence-corrected chi connectivity index (χ1v) is 13.2. The standard InChI is InChI=1S/C29H39N3O5/c1-4-37-27(33)13-16-30-28(34)31-23-12-14-29(22-10-11-24(35-2)25(18-22)36-3)15-17-32(26(29)19-23)20-21-8-6-5-7-9-21/h5-11,18,23,26H,4,12-17,19-20H2,1-3H3,(H2,30,31,34)/t23-,26+,29+/m1/s1. The van der Waals surface area contributed by atoms with E-state index in [4.69, 9.17) is 14.2 Å². The molecule has 1 saturated carbocycles. The Balaban J connectivity index is 1.50. The van der Waals surface area contributed by atoms with Crippen LogP contribution in [-0.2, 0) is 21.5 Å². The van der Waals surface area contributed by atoms with Gasteiger partial charge in [0.25, 0.3) is 0 Å². The fourth-order valence-electron chi connectivity index (χ4n) is 6.01. The van der Waals surface area contributed by atoms with Crippen LogP contribution in [0.2, 0.25) is 0 Å². The molecular weight excluding hydrogens is 470 g/mol. The number of methoxy groups -OCH3 is 2. The van der Waals surface area contributed by atoms with E-state index in [0.717, 1.165) is 50.3 Å². The molecule has 2 N–H and O–H groups in total. The van der Waals surface area contributed by atoms with Gasteiger partial charge >= 0.3 is 12.0 Å². The Hall–Kier alpha value is -3.26. The van der Waals surface area contributed by atoms with E-state index in [-0.39, 0.29) is 42.5 Å². The summed E-state index contributed by atoms with van der Waals surface area (Å²) in [6.45, 7) is 4.24. The minimum atomic E-state index is -0.303. The van der Waals surface area contributed by atoms with Crippen molar-refractivity contribution < 1.29 is 23.8 Å². The molecule has 2 fully saturated rings. The molecule has 3 atom stereocenters. The van der Waals surface area contributed by atoms with Crippen molar-refractivity contribution in [3.63, 3.8) is 0 Å². The molecule has 0 unspecified atom stereocenters. The van der Waals surface area contributed by atoms with E-state index in [2.05, 4.69) is 51.9 Å². The second kappa shape index (κ2) is 12.3. The van der Waals surface area contributed by atoms with Gasteiger partial charge in [-0.25, -0.2) is 4.79 Å². The number of carbonyl (C=O) groups excluding carboxylic acids is 2. The highest BCUT2D eigenvalue weighted by Crippen LogP contribution is 2.50. The van der Waals surface area contributed by atoms with Gasteiger partial charge in [-0.05, 0) is 62.4 Å². The highest BCUT2D eigenvalue weighted by atomic mass is 16.5. The normalized spacial score (nSPS) is 23.1. The fourth-order valence-corrected chi connectivity index (χ4v) is 6.01. The Kier molecular flexibility index (Phi) is 8.92. The van der Waals surface area contributed by atoms with E-state index in [1.165, 1.54) is 11.1 Å². The summed E-state index contributed by atoms with van der Waals surface area (Å²) >= 11 is 0. The number of fused-ring (bicyclic) bond motifs is 1. The average Bonchev–Trinajstić information content (AvgIpc) is 3.27. The minimum Gasteiger partial charge on any atom is -0.493 e. The molecule has 0 bridgehead atoms. The lowest BCUT2D eigenvalue weighted by Crippen LogP contribution is -2.53. The maximum atomic E-state index is 12.6. The SMILES string of the molecule is CCOC(=O)CCNC(=O)N[C@@H]1CC[C@@]2(c3ccc(OC)c(OC)c3)CCN(Cc3ccccc3)[C@H]2C1. The maximum absolute atomic E-state index is 12.6. The second-order valence-electron chi connectivity index (χ2n) is 9.87. The molecule has 0 spiro atoms. The largest absolute Gasteiger partial charge is 0.493 e. The monoisotopic (exact) mass is 509 g/mol. The zero-order chi connectivity index (χ0) is 26.3. The molecule has 2 aliphatic rings. The Morgan fingerprint density at radius 2 is 1.84 bits per heavy atom. The number of rotatable bonds is 10. The first-order chi connectivity index (χ1) is 18.0. The van der Waals surface area contributed by atoms with Gasteiger partial charge < -0.3 is 24.8 Å². The van der Waals surface area contributed by atoms with Crippen LogP contribution in [0, 0.1) is 0 Å². The smallest absolute Gasteiger partial charge is 0.315 e. The van der Waals surface area contributed by atoms with Crippen LogP contribution in [0.15, 0.2) is 48.5 Å². The number of hydrogen-bond acceptors (Lipinski definition) is 6. The topological polar surface area (TPSA) is 89.1 Å². The predicted molar refractivity (Wildman–Crippen MR) is 142 cm³/mol. The molecule has 2 amide bonds. The zero-order valence-electron chi connectivity index (χ0n) is 22.1. The van der Waals surface area contributed by atoms with Gasteiger partial charge in [-0.3, -0.25) is 9.69 Å². The van der Waals surface area contributed by atoms with Crippen LogP contribution < -0.4 is 20.1 Å². The summed E-state index contributed by atoms with van der Waals surface area (Å²) in [4.78, 5) is 26.7. The van der Waals surface area contributed by atoms with E-state index in [0.29, 0.717) is 6.61 Å². The van der Waals surface area contributed by atoms with Gasteiger partial charge in [0.1, 0.15) is 0 Å². The Labute approximate surface area is 219 Å². The number of urea groups is 1. The summed E-state index contributed by atoms with van der Waals surface area (Å²) < 4.78 is 16.1. The molecule has 200 valence electrons. The van der Waals surface area contributed by atoms with E-state index in [9.17, 15) is 9.59 Å². The Morgan fingerprint density at radius 3 is 2.57 bits per heavy atom. The third kappa shape index (κ3) is 6.18. The number of benzene rings is 2. The van der Waals surface area contributed by atoms with E-state index in [1.807, 2.05) is 12.1 Å². The molecule has 2 aromatic rings. The number of amides is 2. The molecule has 2 aromatic carbocycles. The van der Waals surface area contributed by atoms with E-state index in [1.54, 1.807) is 21.1 Å². The number of hydrogen-bond donors (Lipinski definition) is 2. The number of ether oxygens (including phenoxy) is 3. The van der Waals surface area contributed by atoms with Crippen LogP contribution in [0.5, 0.6) is 11.5 Å². The summed E-state index contributed by atoms with van der Waals surface area (Å²) in [5.74, 6) is 1.17. The van der Waals surface area contributed by atoms with Crippen LogP contribution >= 0.6 is 0 Å². The maximum Gasteiger partial charge on any atom is 0.315 e. The molecule has 1 aliphatic heterocycles. The van der Waals surface area contributed by atoms with Crippen LogP contribution in [-0.4, -0.2) is 62.9 Å². The van der Waals surface area contributed by atoms with Gasteiger partial charge in [-0.1, -0.05) is 36.4 Å². The number of carbonyl (C=O) groups is 2. The lowest BCUT2D eigenvalue weighted by molar-refractivity contribution is -0.142. The van der Waals surface area contributed by atoms with E-state index < -0.39 is 0 Å². The lowest BCUT2D eigenvalue weighted by Gasteiger charge is -2.45. The third-order valence-electron chi connectivity index (χ3n) is 7.81. The van der Waals surface area contributed by atoms with Gasteiger partial charge in [-0.15, -0.1) is 0 Å². The van der Waals surface area contributed by atoms with Crippen molar-refractivity contribution in [2.24, 2.45) is 0 Å². The van der Waals surface area contributed by atoms with Crippen molar-refractivity contribution in [2.45, 2.75) is 63.1 Å². The van der Waals surface area contributed by atoms with Gasteiger partial charge in [0, 0.05) is 30.6 Å². The first-order valence-electron chi connectivity index (χ1n) is 13.2. The van der Waals surface area contributed by atoms with Crippen LogP contribution in [0.25, 0.3) is 0 Å². The van der Waals surface area contributed by atoms with Crippen molar-refractivity contribution >= 4 is 12.0 Å². The molecule has 1 heterocycles. The summed E-state index contributed by atoms with van der Waals surface area (Å²) in [6.07, 6.45) is 3.92. The highest BCUT2D eigenvalue weighted by molar-refractivity contribution is 5.75. The van der Waals surface area contributed by atoms with Crippen molar-refractivity contribution in [3.05, 3.63) is 59.7 Å². The van der Waals surface area contributed by atoms with Crippen LogP contribution in [0.3, 0.4) is 0 Å². The number of esters is 1. The number of nitrogens with zero attached hydrogens (tertiary/aromatic N) is 1. The molecule has 4 rings (SSSR count). The number of nitrogens with one attached hydrogen (secondary N) is 2. The molecule has 37 heavy (non-hydrogen) atoms. The molecule has 8 heteroatoms. The zero-order valence-corrected chi connectivity index (χ0v) is 22.1. The van der Waals surface area contributed by atoms with Crippen molar-refractivity contribution in [1.29, 1.82) is 0 Å². The molecule has 8 nitrogen and oxygen atoms in total. The quantitative estimate of drug-likeness (QED) is 0.471. The highest BCUT2D eigenvalue weighted by Gasteiger charge is 2.51. The van der Waals surface area contributed by atoms with Crippen molar-refractivity contribution in [3.8, 4) is 11.5 Å². The molecule has 1 saturated heterocycles. The van der Waals surface area contributed by atoms with Crippen LogP contribution in [0.1, 0.15) is 50.2 Å². The van der Waals surface area contributed by atoms with E-state index >= 15 is 0 Å². The summed E-state index contributed by atoms with van der Waals surface area (Å²) in [6, 6.07) is 16.9.